The van der Waals surface area contributed by atoms with Gasteiger partial charge in [0.15, 0.2) is 0 Å². The maximum atomic E-state index is 12.0. The Bertz CT molecular complexity index is 1010. The van der Waals surface area contributed by atoms with Gasteiger partial charge in [0.1, 0.15) is 22.8 Å². The largest absolute Gasteiger partial charge is 0.497 e. The summed E-state index contributed by atoms with van der Waals surface area (Å²) in [6.07, 6.45) is 2.88. The first kappa shape index (κ1) is 17.3. The van der Waals surface area contributed by atoms with E-state index in [-0.39, 0.29) is 5.75 Å². The monoisotopic (exact) mass is 352 g/mol. The zero-order valence-corrected chi connectivity index (χ0v) is 14.2. The second-order valence-electron chi connectivity index (χ2n) is 5.35. The van der Waals surface area contributed by atoms with Gasteiger partial charge in [-0.25, -0.2) is 9.59 Å². The molecule has 3 aromatic rings. The third-order valence-corrected chi connectivity index (χ3v) is 3.60. The quantitative estimate of drug-likeness (QED) is 0.303. The smallest absolute Gasteiger partial charge is 0.336 e. The predicted molar refractivity (Wildman–Crippen MR) is 96.7 cm³/mol. The van der Waals surface area contributed by atoms with Crippen molar-refractivity contribution in [3.05, 3.63) is 70.6 Å². The van der Waals surface area contributed by atoms with E-state index in [0.717, 1.165) is 10.9 Å². The molecule has 3 rings (SSSR count). The lowest BCUT2D eigenvalue weighted by molar-refractivity contribution is -0.128. The molecule has 0 aliphatic heterocycles. The summed E-state index contributed by atoms with van der Waals surface area (Å²) in [7, 11) is 3.10. The van der Waals surface area contributed by atoms with Gasteiger partial charge in [-0.2, -0.15) is 0 Å². The van der Waals surface area contributed by atoms with E-state index in [9.17, 15) is 9.59 Å². The van der Waals surface area contributed by atoms with Gasteiger partial charge in [-0.1, -0.05) is 0 Å². The summed E-state index contributed by atoms with van der Waals surface area (Å²) in [5.41, 5.74) is 0.611. The number of fused-ring (bicyclic) bond motifs is 1. The van der Waals surface area contributed by atoms with E-state index in [4.69, 9.17) is 18.6 Å². The first-order chi connectivity index (χ1) is 12.6. The van der Waals surface area contributed by atoms with E-state index < -0.39 is 11.6 Å². The van der Waals surface area contributed by atoms with E-state index in [0.29, 0.717) is 17.1 Å². The molecule has 132 valence electrons. The summed E-state index contributed by atoms with van der Waals surface area (Å²) in [5.74, 6) is 0.943. The normalized spacial score (nSPS) is 10.8. The van der Waals surface area contributed by atoms with E-state index >= 15 is 0 Å². The maximum absolute atomic E-state index is 12.0. The number of hydrogen-bond donors (Lipinski definition) is 0. The maximum Gasteiger partial charge on any atom is 0.336 e. The Kier molecular flexibility index (Phi) is 5.03. The molecule has 0 unspecified atom stereocenters. The summed E-state index contributed by atoms with van der Waals surface area (Å²) in [6.45, 7) is 0. The average molecular weight is 352 g/mol. The van der Waals surface area contributed by atoms with Crippen LogP contribution in [0.4, 0.5) is 0 Å². The topological polar surface area (TPSA) is 75.0 Å². The Labute approximate surface area is 149 Å². The van der Waals surface area contributed by atoms with Crippen LogP contribution in [0.1, 0.15) is 5.56 Å². The van der Waals surface area contributed by atoms with E-state index in [1.165, 1.54) is 18.2 Å². The molecule has 0 aliphatic carbocycles. The molecule has 0 saturated carbocycles. The molecule has 2 aromatic carbocycles. The van der Waals surface area contributed by atoms with Gasteiger partial charge in [0.05, 0.1) is 14.2 Å². The minimum atomic E-state index is -0.565. The Morgan fingerprint density at radius 1 is 0.923 bits per heavy atom. The molecule has 0 N–H and O–H groups in total. The molecule has 0 amide bonds. The molecule has 0 saturated heterocycles. The Balaban J connectivity index is 1.76. The van der Waals surface area contributed by atoms with Crippen LogP contribution in [0, 0.1) is 0 Å². The first-order valence-corrected chi connectivity index (χ1v) is 7.74. The number of ether oxygens (including phenoxy) is 3. The number of esters is 1. The van der Waals surface area contributed by atoms with Crippen molar-refractivity contribution in [1.29, 1.82) is 0 Å². The lowest BCUT2D eigenvalue weighted by Crippen LogP contribution is -2.04. The molecule has 26 heavy (non-hydrogen) atoms. The van der Waals surface area contributed by atoms with Crippen LogP contribution < -0.4 is 19.8 Å². The Hall–Kier alpha value is -3.54. The van der Waals surface area contributed by atoms with Crippen LogP contribution in [0.3, 0.4) is 0 Å². The summed E-state index contributed by atoms with van der Waals surface area (Å²) in [5, 5.41) is 0.739. The fourth-order valence-electron chi connectivity index (χ4n) is 2.34. The molecule has 0 radical (unpaired) electrons. The molecular formula is C20H16O6. The third kappa shape index (κ3) is 4.10. The molecule has 1 aromatic heterocycles. The molecule has 6 nitrogen and oxygen atoms in total. The summed E-state index contributed by atoms with van der Waals surface area (Å²) in [6, 6.07) is 13.1. The molecular weight excluding hydrogens is 336 g/mol. The molecule has 0 bridgehead atoms. The van der Waals surface area contributed by atoms with Crippen LogP contribution in [-0.4, -0.2) is 20.2 Å². The highest BCUT2D eigenvalue weighted by Crippen LogP contribution is 2.23. The van der Waals surface area contributed by atoms with Crippen molar-refractivity contribution in [3.8, 4) is 17.2 Å². The number of carbonyl (C=O) groups excluding carboxylic acids is 1. The molecule has 6 heteroatoms. The van der Waals surface area contributed by atoms with E-state index in [1.807, 2.05) is 0 Å². The fraction of sp³-hybridized carbons (Fsp3) is 0.100. The highest BCUT2D eigenvalue weighted by Gasteiger charge is 2.05. The Morgan fingerprint density at radius 2 is 1.62 bits per heavy atom. The summed E-state index contributed by atoms with van der Waals surface area (Å²) >= 11 is 0. The van der Waals surface area contributed by atoms with Gasteiger partial charge < -0.3 is 18.6 Å². The van der Waals surface area contributed by atoms with Gasteiger partial charge in [-0.05, 0) is 42.0 Å². The minimum Gasteiger partial charge on any atom is -0.497 e. The average Bonchev–Trinajstić information content (AvgIpc) is 2.65. The van der Waals surface area contributed by atoms with Gasteiger partial charge >= 0.3 is 11.6 Å². The van der Waals surface area contributed by atoms with Crippen molar-refractivity contribution in [2.24, 2.45) is 0 Å². The van der Waals surface area contributed by atoms with Crippen molar-refractivity contribution in [3.63, 3.8) is 0 Å². The minimum absolute atomic E-state index is 0.282. The third-order valence-electron chi connectivity index (χ3n) is 3.60. The van der Waals surface area contributed by atoms with Crippen molar-refractivity contribution >= 4 is 23.0 Å². The molecule has 0 aliphatic rings. The van der Waals surface area contributed by atoms with Crippen LogP contribution >= 0.6 is 0 Å². The number of benzene rings is 2. The van der Waals surface area contributed by atoms with Gasteiger partial charge in [0, 0.05) is 29.7 Å². The standard InChI is InChI=1S/C20H16O6/c1-23-16-9-13(10-17(11-16)24-2)3-7-19(21)25-15-6-4-14-5-8-20(22)26-18(14)12-15/h3-12H,1-2H3/b7-3+. The second kappa shape index (κ2) is 7.57. The van der Waals surface area contributed by atoms with Crippen LogP contribution in [0.25, 0.3) is 17.0 Å². The predicted octanol–water partition coefficient (Wildman–Crippen LogP) is 3.43. The zero-order valence-electron chi connectivity index (χ0n) is 14.2. The highest BCUT2D eigenvalue weighted by molar-refractivity contribution is 5.89. The second-order valence-corrected chi connectivity index (χ2v) is 5.35. The molecule has 0 fully saturated rings. The van der Waals surface area contributed by atoms with Crippen molar-refractivity contribution in [1.82, 2.24) is 0 Å². The zero-order chi connectivity index (χ0) is 18.5. The first-order valence-electron chi connectivity index (χ1n) is 7.74. The van der Waals surface area contributed by atoms with Crippen molar-refractivity contribution < 1.29 is 23.4 Å². The molecule has 0 spiro atoms. The molecule has 1 heterocycles. The Morgan fingerprint density at radius 3 is 2.31 bits per heavy atom. The summed E-state index contributed by atoms with van der Waals surface area (Å²) in [4.78, 5) is 23.3. The van der Waals surface area contributed by atoms with Crippen molar-refractivity contribution in [2.75, 3.05) is 14.2 Å². The SMILES string of the molecule is COc1cc(/C=C/C(=O)Oc2ccc3ccc(=O)oc3c2)cc(OC)c1. The van der Waals surface area contributed by atoms with Crippen LogP contribution in [0.5, 0.6) is 17.2 Å². The van der Waals surface area contributed by atoms with Gasteiger partial charge in [0.25, 0.3) is 0 Å². The number of rotatable bonds is 5. The van der Waals surface area contributed by atoms with Crippen LogP contribution in [0.15, 0.2) is 63.8 Å². The lowest BCUT2D eigenvalue weighted by Gasteiger charge is -2.06. The number of methoxy groups -OCH3 is 2. The van der Waals surface area contributed by atoms with E-state index in [1.54, 1.807) is 56.7 Å². The van der Waals surface area contributed by atoms with Crippen molar-refractivity contribution in [2.45, 2.75) is 0 Å². The fourth-order valence-corrected chi connectivity index (χ4v) is 2.34. The van der Waals surface area contributed by atoms with Gasteiger partial charge in [-0.15, -0.1) is 0 Å². The summed E-state index contributed by atoms with van der Waals surface area (Å²) < 4.78 is 20.7. The number of carbonyl (C=O) groups is 1. The van der Waals surface area contributed by atoms with Crippen LogP contribution in [-0.2, 0) is 4.79 Å². The number of hydrogen-bond acceptors (Lipinski definition) is 6. The molecule has 0 atom stereocenters. The lowest BCUT2D eigenvalue weighted by atomic mass is 10.2. The van der Waals surface area contributed by atoms with Gasteiger partial charge in [0.2, 0.25) is 0 Å². The van der Waals surface area contributed by atoms with Gasteiger partial charge in [-0.3, -0.25) is 0 Å². The van der Waals surface area contributed by atoms with Crippen LogP contribution in [0.2, 0.25) is 0 Å². The highest BCUT2D eigenvalue weighted by atomic mass is 16.5. The van der Waals surface area contributed by atoms with E-state index in [2.05, 4.69) is 0 Å².